The van der Waals surface area contributed by atoms with Gasteiger partial charge in [0.05, 0.1) is 0 Å². The van der Waals surface area contributed by atoms with Crippen LogP contribution in [0.5, 0.6) is 0 Å². The molecule has 1 rings (SSSR count). The number of benzene rings is 1. The molecule has 0 fully saturated rings. The Morgan fingerprint density at radius 3 is 2.55 bits per heavy atom. The van der Waals surface area contributed by atoms with E-state index in [1.54, 1.807) is 0 Å². The van der Waals surface area contributed by atoms with Crippen LogP contribution in [-0.2, 0) is 9.53 Å². The molecule has 0 aliphatic carbocycles. The fourth-order valence-electron chi connectivity index (χ4n) is 1.73. The van der Waals surface area contributed by atoms with Crippen LogP contribution >= 0.6 is 22.6 Å². The van der Waals surface area contributed by atoms with Gasteiger partial charge in [0.1, 0.15) is 5.60 Å². The largest absolute Gasteiger partial charge is 0.444 e. The molecule has 0 aliphatic heterocycles. The minimum absolute atomic E-state index is 0.0599. The van der Waals surface area contributed by atoms with Crippen molar-refractivity contribution in [2.24, 2.45) is 0 Å². The normalized spacial score (nSPS) is 11.0. The molecule has 122 valence electrons. The molecule has 0 unspecified atom stereocenters. The maximum Gasteiger partial charge on any atom is 0.407 e. The van der Waals surface area contributed by atoms with Crippen molar-refractivity contribution in [3.05, 3.63) is 27.3 Å². The van der Waals surface area contributed by atoms with E-state index in [1.165, 1.54) is 0 Å². The molecular weight excluding hydrogens is 395 g/mol. The standard InChI is InChI=1S/C16H23IN2O3/c1-11-10-12(17)7-8-13(11)19-14(20)6-5-9-18-15(21)22-16(2,3)4/h7-8,10H,5-6,9H2,1-4H3,(H,18,21)(H,19,20). The van der Waals surface area contributed by atoms with Gasteiger partial charge < -0.3 is 15.4 Å². The summed E-state index contributed by atoms with van der Waals surface area (Å²) in [7, 11) is 0. The zero-order valence-electron chi connectivity index (χ0n) is 13.5. The van der Waals surface area contributed by atoms with Gasteiger partial charge in [-0.05, 0) is 80.5 Å². The fourth-order valence-corrected chi connectivity index (χ4v) is 2.38. The number of hydrogen-bond donors (Lipinski definition) is 2. The SMILES string of the molecule is Cc1cc(I)ccc1NC(=O)CCCNC(=O)OC(C)(C)C. The van der Waals surface area contributed by atoms with E-state index in [9.17, 15) is 9.59 Å². The summed E-state index contributed by atoms with van der Waals surface area (Å²) in [6.07, 6.45) is 0.455. The van der Waals surface area contributed by atoms with Crippen LogP contribution in [0.4, 0.5) is 10.5 Å². The van der Waals surface area contributed by atoms with Crippen molar-refractivity contribution in [2.45, 2.75) is 46.1 Å². The van der Waals surface area contributed by atoms with Gasteiger partial charge in [-0.25, -0.2) is 4.79 Å². The Hall–Kier alpha value is -1.31. The highest BCUT2D eigenvalue weighted by Crippen LogP contribution is 2.17. The van der Waals surface area contributed by atoms with E-state index in [0.717, 1.165) is 14.8 Å². The van der Waals surface area contributed by atoms with Crippen molar-refractivity contribution >= 4 is 40.3 Å². The molecule has 1 aromatic carbocycles. The Morgan fingerprint density at radius 1 is 1.27 bits per heavy atom. The van der Waals surface area contributed by atoms with Crippen LogP contribution in [0.25, 0.3) is 0 Å². The molecule has 0 aliphatic rings. The Bertz CT molecular complexity index is 539. The average molecular weight is 418 g/mol. The van der Waals surface area contributed by atoms with E-state index >= 15 is 0 Å². The highest BCUT2D eigenvalue weighted by molar-refractivity contribution is 14.1. The molecule has 0 atom stereocenters. The predicted octanol–water partition coefficient (Wildman–Crippen LogP) is 3.84. The molecule has 22 heavy (non-hydrogen) atoms. The molecule has 0 bridgehead atoms. The van der Waals surface area contributed by atoms with Crippen molar-refractivity contribution in [1.29, 1.82) is 0 Å². The number of aryl methyl sites for hydroxylation is 1. The third-order valence-corrected chi connectivity index (χ3v) is 3.38. The van der Waals surface area contributed by atoms with Crippen LogP contribution in [0, 0.1) is 10.5 Å². The van der Waals surface area contributed by atoms with Crippen molar-refractivity contribution in [3.63, 3.8) is 0 Å². The number of ether oxygens (including phenoxy) is 1. The lowest BCUT2D eigenvalue weighted by Gasteiger charge is -2.19. The number of anilines is 1. The Kier molecular flexibility index (Phi) is 7.12. The first-order valence-electron chi connectivity index (χ1n) is 7.20. The first kappa shape index (κ1) is 18.7. The Balaban J connectivity index is 2.28. The zero-order valence-corrected chi connectivity index (χ0v) is 15.6. The second kappa shape index (κ2) is 8.36. The quantitative estimate of drug-likeness (QED) is 0.564. The van der Waals surface area contributed by atoms with Gasteiger partial charge in [-0.3, -0.25) is 4.79 Å². The molecule has 6 heteroatoms. The number of amides is 2. The molecule has 0 spiro atoms. The van der Waals surface area contributed by atoms with E-state index < -0.39 is 11.7 Å². The molecule has 2 N–H and O–H groups in total. The van der Waals surface area contributed by atoms with Crippen molar-refractivity contribution in [2.75, 3.05) is 11.9 Å². The second-order valence-electron chi connectivity index (χ2n) is 6.04. The van der Waals surface area contributed by atoms with Crippen LogP contribution in [0.15, 0.2) is 18.2 Å². The molecule has 0 aromatic heterocycles. The summed E-state index contributed by atoms with van der Waals surface area (Å²) in [6.45, 7) is 7.80. The summed E-state index contributed by atoms with van der Waals surface area (Å²) in [6, 6.07) is 5.86. The highest BCUT2D eigenvalue weighted by Gasteiger charge is 2.15. The maximum absolute atomic E-state index is 11.9. The fraction of sp³-hybridized carbons (Fsp3) is 0.500. The first-order chi connectivity index (χ1) is 10.2. The monoisotopic (exact) mass is 418 g/mol. The maximum atomic E-state index is 11.9. The van der Waals surface area contributed by atoms with Gasteiger partial charge in [0.15, 0.2) is 0 Å². The van der Waals surface area contributed by atoms with Gasteiger partial charge in [0, 0.05) is 22.2 Å². The Labute approximate surface area is 145 Å². The molecule has 0 saturated heterocycles. The van der Waals surface area contributed by atoms with E-state index in [0.29, 0.717) is 19.4 Å². The van der Waals surface area contributed by atoms with Crippen LogP contribution in [0.2, 0.25) is 0 Å². The molecule has 2 amide bonds. The lowest BCUT2D eigenvalue weighted by molar-refractivity contribution is -0.116. The summed E-state index contributed by atoms with van der Waals surface area (Å²) in [5, 5.41) is 5.51. The predicted molar refractivity (Wildman–Crippen MR) is 96.0 cm³/mol. The third kappa shape index (κ3) is 7.63. The van der Waals surface area contributed by atoms with E-state index in [4.69, 9.17) is 4.74 Å². The number of carbonyl (C=O) groups is 2. The summed E-state index contributed by atoms with van der Waals surface area (Å²) in [4.78, 5) is 23.3. The summed E-state index contributed by atoms with van der Waals surface area (Å²) >= 11 is 2.23. The van der Waals surface area contributed by atoms with Crippen molar-refractivity contribution in [1.82, 2.24) is 5.32 Å². The van der Waals surface area contributed by atoms with Gasteiger partial charge in [0.2, 0.25) is 5.91 Å². The smallest absolute Gasteiger partial charge is 0.407 e. The molecule has 0 heterocycles. The van der Waals surface area contributed by atoms with Gasteiger partial charge >= 0.3 is 6.09 Å². The lowest BCUT2D eigenvalue weighted by Crippen LogP contribution is -2.33. The zero-order chi connectivity index (χ0) is 16.8. The van der Waals surface area contributed by atoms with Gasteiger partial charge in [-0.15, -0.1) is 0 Å². The minimum atomic E-state index is -0.510. The number of rotatable bonds is 5. The summed E-state index contributed by atoms with van der Waals surface area (Å²) < 4.78 is 6.25. The van der Waals surface area contributed by atoms with Crippen molar-refractivity contribution < 1.29 is 14.3 Å². The molecular formula is C16H23IN2O3. The first-order valence-corrected chi connectivity index (χ1v) is 8.28. The number of halogens is 1. The number of nitrogens with one attached hydrogen (secondary N) is 2. The highest BCUT2D eigenvalue weighted by atomic mass is 127. The molecule has 0 saturated carbocycles. The minimum Gasteiger partial charge on any atom is -0.444 e. The van der Waals surface area contributed by atoms with Gasteiger partial charge in [-0.2, -0.15) is 0 Å². The topological polar surface area (TPSA) is 67.4 Å². The van der Waals surface area contributed by atoms with E-state index in [-0.39, 0.29) is 5.91 Å². The van der Waals surface area contributed by atoms with Crippen LogP contribution in [0.3, 0.4) is 0 Å². The molecule has 0 radical (unpaired) electrons. The number of hydrogen-bond acceptors (Lipinski definition) is 3. The van der Waals surface area contributed by atoms with Crippen LogP contribution < -0.4 is 10.6 Å². The lowest BCUT2D eigenvalue weighted by atomic mass is 10.2. The second-order valence-corrected chi connectivity index (χ2v) is 7.29. The van der Waals surface area contributed by atoms with Crippen LogP contribution in [-0.4, -0.2) is 24.1 Å². The third-order valence-electron chi connectivity index (χ3n) is 2.71. The average Bonchev–Trinajstić information content (AvgIpc) is 2.36. The summed E-state index contributed by atoms with van der Waals surface area (Å²) in [5.41, 5.74) is 1.35. The number of carbonyl (C=O) groups excluding carboxylic acids is 2. The van der Waals surface area contributed by atoms with Crippen LogP contribution in [0.1, 0.15) is 39.2 Å². The van der Waals surface area contributed by atoms with E-state index in [2.05, 4.69) is 33.2 Å². The van der Waals surface area contributed by atoms with E-state index in [1.807, 2.05) is 45.9 Å². The van der Waals surface area contributed by atoms with Gasteiger partial charge in [-0.1, -0.05) is 0 Å². The molecule has 5 nitrogen and oxygen atoms in total. The molecule has 1 aromatic rings. The van der Waals surface area contributed by atoms with Crippen molar-refractivity contribution in [3.8, 4) is 0 Å². The Morgan fingerprint density at radius 2 is 1.95 bits per heavy atom. The summed E-state index contributed by atoms with van der Waals surface area (Å²) in [5.74, 6) is -0.0599. The van der Waals surface area contributed by atoms with Gasteiger partial charge in [0.25, 0.3) is 0 Å². The number of alkyl carbamates (subject to hydrolysis) is 1.